The number of fused-ring (bicyclic) bond motifs is 7. The Morgan fingerprint density at radius 1 is 0.188 bits per heavy atom. The first-order valence-electron chi connectivity index (χ1n) is 37.9. The number of para-hydroxylation sites is 3. The van der Waals surface area contributed by atoms with Gasteiger partial charge in [0.15, 0.2) is 34.9 Å². The van der Waals surface area contributed by atoms with Gasteiger partial charge in [0.2, 0.25) is 0 Å². The van der Waals surface area contributed by atoms with E-state index in [1.807, 2.05) is 97.1 Å². The maximum atomic E-state index is 5.48. The van der Waals surface area contributed by atoms with Gasteiger partial charge in [-0.3, -0.25) is 0 Å². The lowest BCUT2D eigenvalue weighted by molar-refractivity contribution is 1.06. The van der Waals surface area contributed by atoms with Crippen LogP contribution in [0.2, 0.25) is 0 Å². The second-order valence-corrected chi connectivity index (χ2v) is 28.5. The van der Waals surface area contributed by atoms with E-state index in [2.05, 4.69) is 318 Å². The smallest absolute Gasteiger partial charge is 0.252 e. The minimum absolute atomic E-state index is 0.129. The van der Waals surface area contributed by atoms with E-state index < -0.39 is 0 Å². The number of anilines is 6. The van der Waals surface area contributed by atoms with E-state index in [0.29, 0.717) is 34.9 Å². The average Bonchev–Trinajstić information content (AvgIpc) is 0.785. The largest absolute Gasteiger partial charge is 0.311 e. The van der Waals surface area contributed by atoms with E-state index in [1.165, 1.54) is 16.4 Å². The van der Waals surface area contributed by atoms with Crippen molar-refractivity contribution >= 4 is 79.0 Å². The van der Waals surface area contributed by atoms with Crippen LogP contribution in [0.15, 0.2) is 400 Å². The van der Waals surface area contributed by atoms with Crippen LogP contribution in [0.3, 0.4) is 0 Å². The summed E-state index contributed by atoms with van der Waals surface area (Å²) in [5.74, 6) is 3.22. The van der Waals surface area contributed by atoms with Crippen molar-refractivity contribution in [2.24, 2.45) is 0 Å². The summed E-state index contributed by atoms with van der Waals surface area (Å²) in [7, 11) is 0. The second-order valence-electron chi connectivity index (χ2n) is 28.5. The predicted octanol–water partition coefficient (Wildman–Crippen LogP) is 23.6. The quantitative estimate of drug-likeness (QED) is 0.0995. The highest BCUT2D eigenvalue weighted by molar-refractivity contribution is 7.00. The summed E-state index contributed by atoms with van der Waals surface area (Å²) in [5, 5.41) is 2.16. The van der Waals surface area contributed by atoms with Crippen molar-refractivity contribution in [3.05, 3.63) is 400 Å². The Kier molecular flexibility index (Phi) is 16.1. The summed E-state index contributed by atoms with van der Waals surface area (Å²) in [6, 6.07) is 143. The zero-order valence-corrected chi connectivity index (χ0v) is 60.7. The predicted molar refractivity (Wildman–Crippen MR) is 461 cm³/mol. The summed E-state index contributed by atoms with van der Waals surface area (Å²) in [5.41, 5.74) is 29.3. The van der Waals surface area contributed by atoms with Gasteiger partial charge in [-0.15, -0.1) is 0 Å². The van der Waals surface area contributed by atoms with Crippen LogP contribution in [0.25, 0.3) is 151 Å². The highest BCUT2D eigenvalue weighted by Gasteiger charge is 2.44. The van der Waals surface area contributed by atoms with Gasteiger partial charge < -0.3 is 14.4 Å². The maximum absolute atomic E-state index is 5.48. The van der Waals surface area contributed by atoms with Gasteiger partial charge in [0.1, 0.15) is 0 Å². The van der Waals surface area contributed by atoms with E-state index in [-0.39, 0.29) is 6.71 Å². The molecule has 10 heteroatoms. The van der Waals surface area contributed by atoms with Crippen molar-refractivity contribution < 1.29 is 0 Å². The fraction of sp³-hybridized carbons (Fsp3) is 0. The molecule has 0 fully saturated rings. The molecule has 19 aromatic rings. The molecular formula is C102H66BN9. The van der Waals surface area contributed by atoms with E-state index >= 15 is 0 Å². The average molecular weight is 1430 g/mol. The lowest BCUT2D eigenvalue weighted by atomic mass is 9.33. The normalized spacial score (nSPS) is 12.1. The molecule has 2 aliphatic rings. The van der Waals surface area contributed by atoms with Crippen molar-refractivity contribution in [2.75, 3.05) is 9.80 Å². The van der Waals surface area contributed by atoms with Crippen LogP contribution in [0.1, 0.15) is 0 Å². The molecule has 0 saturated carbocycles. The molecule has 16 aromatic carbocycles. The monoisotopic (exact) mass is 1430 g/mol. The number of hydrogen-bond donors (Lipinski definition) is 0. The Labute approximate surface area is 649 Å². The molecule has 0 amide bonds. The molecule has 112 heavy (non-hydrogen) atoms. The zero-order valence-electron chi connectivity index (χ0n) is 60.7. The minimum atomic E-state index is -0.129. The Bertz CT molecular complexity index is 6380. The van der Waals surface area contributed by atoms with Crippen LogP contribution in [0.5, 0.6) is 0 Å². The Balaban J connectivity index is 0.817. The van der Waals surface area contributed by atoms with Gasteiger partial charge in [0.25, 0.3) is 6.71 Å². The standard InChI is InChI=1S/C102H66BN9/c1-9-31-67(32-10-1)77-57-78(68-33-11-2-12-34-68)60-82(59-77)110-92-51-29-26-48-87(92)103-88-49-27-30-52-93(88)111(83-61-79(69-35-13-3-14-36-69)58-80(62-83)70-37-15-4-16-38-70)95-66-81(65-94(110)96(95)103)75-53-55-90-85(63-75)84-47-25-28-50-89(84)112(90)91-56-54-76(101-106-97(71-39-17-5-18-40-71)104-98(107-101)72-41-19-6-20-42-72)64-86(91)102-108-99(73-43-21-7-22-44-73)105-100(109-102)74-45-23-8-24-46-74/h1-66H. The van der Waals surface area contributed by atoms with Crippen molar-refractivity contribution in [1.29, 1.82) is 0 Å². The zero-order chi connectivity index (χ0) is 74.0. The molecule has 9 nitrogen and oxygen atoms in total. The molecule has 0 unspecified atom stereocenters. The fourth-order valence-electron chi connectivity index (χ4n) is 16.6. The number of nitrogens with zero attached hydrogens (tertiary/aromatic N) is 9. The Hall–Kier alpha value is -15.0. The molecule has 21 rings (SSSR count). The van der Waals surface area contributed by atoms with Crippen LogP contribution in [-0.2, 0) is 0 Å². The van der Waals surface area contributed by atoms with Crippen molar-refractivity contribution in [1.82, 2.24) is 34.5 Å². The molecule has 0 radical (unpaired) electrons. The topological polar surface area (TPSA) is 88.8 Å². The molecule has 0 saturated heterocycles. The van der Waals surface area contributed by atoms with Crippen molar-refractivity contribution in [3.8, 4) is 130 Å². The highest BCUT2D eigenvalue weighted by Crippen LogP contribution is 2.50. The minimum Gasteiger partial charge on any atom is -0.311 e. The number of rotatable bonds is 14. The van der Waals surface area contributed by atoms with Crippen LogP contribution in [0, 0.1) is 0 Å². The van der Waals surface area contributed by atoms with Crippen LogP contribution >= 0.6 is 0 Å². The fourth-order valence-corrected chi connectivity index (χ4v) is 16.6. The highest BCUT2D eigenvalue weighted by atomic mass is 15.2. The first kappa shape index (κ1) is 65.3. The third-order valence-electron chi connectivity index (χ3n) is 21.8. The number of aromatic nitrogens is 7. The van der Waals surface area contributed by atoms with Crippen molar-refractivity contribution in [2.45, 2.75) is 0 Å². The molecule has 0 aliphatic carbocycles. The molecular weight excluding hydrogens is 1360 g/mol. The summed E-state index contributed by atoms with van der Waals surface area (Å²) in [6.07, 6.45) is 0. The van der Waals surface area contributed by atoms with Gasteiger partial charge in [-0.1, -0.05) is 303 Å². The Morgan fingerprint density at radius 2 is 0.509 bits per heavy atom. The van der Waals surface area contributed by atoms with E-state index in [4.69, 9.17) is 29.9 Å². The SMILES string of the molecule is c1ccc(-c2cc(-c3ccccc3)cc(N3c4ccccc4B4c5ccccc5N(c5cc(-c6ccccc6)cc(-c6ccccc6)c5)c5cc(-c6ccc7c(c6)c6ccccc6n7-c6ccc(-c7nc(-c8ccccc8)nc(-c8ccccc8)n7)cc6-c6nc(-c7ccccc7)nc(-c7ccccc7)n6)cc3c54)c2)cc1. The van der Waals surface area contributed by atoms with Gasteiger partial charge in [-0.25, -0.2) is 29.9 Å². The van der Waals surface area contributed by atoms with Gasteiger partial charge in [0.05, 0.1) is 16.7 Å². The van der Waals surface area contributed by atoms with E-state index in [9.17, 15) is 0 Å². The first-order valence-corrected chi connectivity index (χ1v) is 37.9. The molecule has 0 bridgehead atoms. The summed E-state index contributed by atoms with van der Waals surface area (Å²) < 4.78 is 2.38. The van der Waals surface area contributed by atoms with Gasteiger partial charge in [0, 0.05) is 78.3 Å². The molecule has 522 valence electrons. The van der Waals surface area contributed by atoms with Crippen LogP contribution < -0.4 is 26.2 Å². The third-order valence-corrected chi connectivity index (χ3v) is 21.8. The lowest BCUT2D eigenvalue weighted by Gasteiger charge is -2.44. The van der Waals surface area contributed by atoms with Gasteiger partial charge in [-0.05, 0) is 169 Å². The van der Waals surface area contributed by atoms with Gasteiger partial charge >= 0.3 is 0 Å². The maximum Gasteiger partial charge on any atom is 0.252 e. The number of benzene rings is 16. The van der Waals surface area contributed by atoms with Gasteiger partial charge in [-0.2, -0.15) is 0 Å². The molecule has 0 N–H and O–H groups in total. The lowest BCUT2D eigenvalue weighted by Crippen LogP contribution is -2.61. The van der Waals surface area contributed by atoms with E-state index in [1.54, 1.807) is 0 Å². The number of hydrogen-bond acceptors (Lipinski definition) is 8. The molecule has 0 atom stereocenters. The first-order chi connectivity index (χ1) is 55.5. The molecule has 2 aliphatic heterocycles. The van der Waals surface area contributed by atoms with Crippen LogP contribution in [0.4, 0.5) is 34.1 Å². The van der Waals surface area contributed by atoms with Crippen molar-refractivity contribution in [3.63, 3.8) is 0 Å². The van der Waals surface area contributed by atoms with E-state index in [0.717, 1.165) is 151 Å². The Morgan fingerprint density at radius 3 is 0.920 bits per heavy atom. The molecule has 3 aromatic heterocycles. The summed E-state index contributed by atoms with van der Waals surface area (Å²) >= 11 is 0. The summed E-state index contributed by atoms with van der Waals surface area (Å²) in [6.45, 7) is -0.129. The van der Waals surface area contributed by atoms with Crippen LogP contribution in [-0.4, -0.2) is 41.2 Å². The second kappa shape index (κ2) is 27.7. The third kappa shape index (κ3) is 11.7. The molecule has 5 heterocycles. The summed E-state index contributed by atoms with van der Waals surface area (Å²) in [4.78, 5) is 37.0. The molecule has 0 spiro atoms.